The molecule has 0 N–H and O–H groups in total. The highest BCUT2D eigenvalue weighted by Gasteiger charge is 2.27. The third kappa shape index (κ3) is 3.24. The molecule has 0 radical (unpaired) electrons. The Morgan fingerprint density at radius 3 is 2.58 bits per heavy atom. The van der Waals surface area contributed by atoms with Gasteiger partial charge in [0.05, 0.1) is 11.6 Å². The second kappa shape index (κ2) is 6.97. The number of hydrogen-bond donors (Lipinski definition) is 0. The van der Waals surface area contributed by atoms with Crippen molar-refractivity contribution >= 4 is 5.82 Å². The van der Waals surface area contributed by atoms with Crippen molar-refractivity contribution in [1.82, 2.24) is 20.0 Å². The lowest BCUT2D eigenvalue weighted by Crippen LogP contribution is -2.47. The summed E-state index contributed by atoms with van der Waals surface area (Å²) in [4.78, 5) is 13.4. The van der Waals surface area contributed by atoms with Gasteiger partial charge in [-0.3, -0.25) is 4.90 Å². The molecule has 1 unspecified atom stereocenters. The van der Waals surface area contributed by atoms with Crippen molar-refractivity contribution in [1.29, 1.82) is 5.26 Å². The molecule has 7 heteroatoms. The van der Waals surface area contributed by atoms with E-state index in [9.17, 15) is 5.26 Å². The van der Waals surface area contributed by atoms with Crippen molar-refractivity contribution in [3.63, 3.8) is 0 Å². The van der Waals surface area contributed by atoms with Gasteiger partial charge in [-0.1, -0.05) is 19.0 Å². The van der Waals surface area contributed by atoms with Gasteiger partial charge in [-0.05, 0) is 19.1 Å². The van der Waals surface area contributed by atoms with Gasteiger partial charge in [-0.2, -0.15) is 10.2 Å². The number of piperazine rings is 1. The van der Waals surface area contributed by atoms with E-state index in [0.717, 1.165) is 37.8 Å². The third-order valence-corrected chi connectivity index (χ3v) is 4.40. The van der Waals surface area contributed by atoms with E-state index in [2.05, 4.69) is 51.8 Å². The molecular weight excluding hydrogens is 304 g/mol. The summed E-state index contributed by atoms with van der Waals surface area (Å²) in [5, 5.41) is 13.3. The van der Waals surface area contributed by atoms with E-state index in [4.69, 9.17) is 4.52 Å². The van der Waals surface area contributed by atoms with Crippen LogP contribution in [-0.4, -0.2) is 46.2 Å². The summed E-state index contributed by atoms with van der Waals surface area (Å²) < 4.78 is 5.42. The van der Waals surface area contributed by atoms with Crippen molar-refractivity contribution in [3.8, 4) is 6.07 Å². The average molecular weight is 326 g/mol. The van der Waals surface area contributed by atoms with Crippen LogP contribution in [0.1, 0.15) is 50.0 Å². The molecule has 2 aromatic rings. The fourth-order valence-electron chi connectivity index (χ4n) is 2.86. The van der Waals surface area contributed by atoms with Crippen molar-refractivity contribution in [2.24, 2.45) is 0 Å². The fourth-order valence-corrected chi connectivity index (χ4v) is 2.86. The lowest BCUT2D eigenvalue weighted by molar-refractivity contribution is 0.164. The molecule has 0 spiro atoms. The Kier molecular flexibility index (Phi) is 4.76. The molecule has 0 bridgehead atoms. The van der Waals surface area contributed by atoms with Crippen LogP contribution in [0.25, 0.3) is 0 Å². The SMILES string of the molecule is CC(C)c1noc(C(C)N2CCN(c3ncccc3C#N)CC2)n1. The molecule has 1 aliphatic rings. The molecular formula is C17H22N6O. The summed E-state index contributed by atoms with van der Waals surface area (Å²) >= 11 is 0. The van der Waals surface area contributed by atoms with Crippen LogP contribution in [0.15, 0.2) is 22.9 Å². The second-order valence-corrected chi connectivity index (χ2v) is 6.33. The number of aromatic nitrogens is 3. The number of anilines is 1. The first-order chi connectivity index (χ1) is 11.6. The molecule has 1 fully saturated rings. The molecule has 0 aromatic carbocycles. The molecule has 1 aliphatic heterocycles. The van der Waals surface area contributed by atoms with Gasteiger partial charge in [0, 0.05) is 38.3 Å². The first kappa shape index (κ1) is 16.4. The Morgan fingerprint density at radius 1 is 1.21 bits per heavy atom. The van der Waals surface area contributed by atoms with Gasteiger partial charge in [0.1, 0.15) is 11.9 Å². The minimum atomic E-state index is 0.0892. The largest absolute Gasteiger partial charge is 0.353 e. The third-order valence-electron chi connectivity index (χ3n) is 4.40. The van der Waals surface area contributed by atoms with Gasteiger partial charge in [0.15, 0.2) is 5.82 Å². The number of nitrogens with zero attached hydrogens (tertiary/aromatic N) is 6. The van der Waals surface area contributed by atoms with Gasteiger partial charge < -0.3 is 9.42 Å². The summed E-state index contributed by atoms with van der Waals surface area (Å²) in [6.45, 7) is 9.57. The van der Waals surface area contributed by atoms with E-state index >= 15 is 0 Å². The van der Waals surface area contributed by atoms with Crippen LogP contribution < -0.4 is 4.90 Å². The van der Waals surface area contributed by atoms with Crippen molar-refractivity contribution in [3.05, 3.63) is 35.6 Å². The van der Waals surface area contributed by atoms with Crippen molar-refractivity contribution in [2.75, 3.05) is 31.1 Å². The first-order valence-electron chi connectivity index (χ1n) is 8.27. The Labute approximate surface area is 141 Å². The lowest BCUT2D eigenvalue weighted by Gasteiger charge is -2.37. The maximum atomic E-state index is 9.23. The van der Waals surface area contributed by atoms with Crippen LogP contribution in [0.4, 0.5) is 5.82 Å². The van der Waals surface area contributed by atoms with Crippen LogP contribution >= 0.6 is 0 Å². The van der Waals surface area contributed by atoms with Crippen LogP contribution in [-0.2, 0) is 0 Å². The number of nitriles is 1. The van der Waals surface area contributed by atoms with E-state index in [1.807, 2.05) is 6.07 Å². The van der Waals surface area contributed by atoms with Crippen molar-refractivity contribution in [2.45, 2.75) is 32.7 Å². The Balaban J connectivity index is 1.65. The minimum Gasteiger partial charge on any atom is -0.353 e. The van der Waals surface area contributed by atoms with Gasteiger partial charge in [-0.25, -0.2) is 4.98 Å². The zero-order valence-electron chi connectivity index (χ0n) is 14.3. The summed E-state index contributed by atoms with van der Waals surface area (Å²) in [7, 11) is 0. The predicted octanol–water partition coefficient (Wildman–Crippen LogP) is 2.34. The molecule has 0 saturated carbocycles. The topological polar surface area (TPSA) is 82.1 Å². The van der Waals surface area contributed by atoms with E-state index in [1.54, 1.807) is 12.3 Å². The number of pyridine rings is 1. The molecule has 1 saturated heterocycles. The van der Waals surface area contributed by atoms with Gasteiger partial charge in [0.25, 0.3) is 0 Å². The molecule has 3 heterocycles. The summed E-state index contributed by atoms with van der Waals surface area (Å²) in [6.07, 6.45) is 1.73. The Hall–Kier alpha value is -2.46. The maximum Gasteiger partial charge on any atom is 0.243 e. The highest BCUT2D eigenvalue weighted by atomic mass is 16.5. The minimum absolute atomic E-state index is 0.0892. The molecule has 24 heavy (non-hydrogen) atoms. The van der Waals surface area contributed by atoms with E-state index in [0.29, 0.717) is 11.5 Å². The molecule has 126 valence electrons. The maximum absolute atomic E-state index is 9.23. The quantitative estimate of drug-likeness (QED) is 0.853. The lowest BCUT2D eigenvalue weighted by atomic mass is 10.2. The van der Waals surface area contributed by atoms with Gasteiger partial charge in [-0.15, -0.1) is 0 Å². The number of rotatable bonds is 4. The van der Waals surface area contributed by atoms with E-state index in [1.165, 1.54) is 0 Å². The molecule has 2 aromatic heterocycles. The standard InChI is InChI=1S/C17H22N6O/c1-12(2)15-20-17(24-21-15)13(3)22-7-9-23(10-8-22)16-14(11-18)5-4-6-19-16/h4-6,12-13H,7-10H2,1-3H3. The second-order valence-electron chi connectivity index (χ2n) is 6.33. The molecule has 3 rings (SSSR count). The molecule has 1 atom stereocenters. The molecule has 7 nitrogen and oxygen atoms in total. The highest BCUT2D eigenvalue weighted by Crippen LogP contribution is 2.24. The molecule has 0 amide bonds. The fraction of sp³-hybridized carbons (Fsp3) is 0.529. The van der Waals surface area contributed by atoms with E-state index in [-0.39, 0.29) is 12.0 Å². The monoisotopic (exact) mass is 326 g/mol. The average Bonchev–Trinajstić information content (AvgIpc) is 3.11. The zero-order chi connectivity index (χ0) is 17.1. The summed E-state index contributed by atoms with van der Waals surface area (Å²) in [5.41, 5.74) is 0.623. The number of hydrogen-bond acceptors (Lipinski definition) is 7. The predicted molar refractivity (Wildman–Crippen MR) is 89.5 cm³/mol. The Morgan fingerprint density at radius 2 is 1.96 bits per heavy atom. The van der Waals surface area contributed by atoms with Crippen LogP contribution in [0.5, 0.6) is 0 Å². The van der Waals surface area contributed by atoms with Gasteiger partial charge in [0.2, 0.25) is 5.89 Å². The summed E-state index contributed by atoms with van der Waals surface area (Å²) in [5.74, 6) is 2.46. The van der Waals surface area contributed by atoms with Gasteiger partial charge >= 0.3 is 0 Å². The first-order valence-corrected chi connectivity index (χ1v) is 8.27. The van der Waals surface area contributed by atoms with E-state index < -0.39 is 0 Å². The van der Waals surface area contributed by atoms with Crippen LogP contribution in [0.3, 0.4) is 0 Å². The van der Waals surface area contributed by atoms with Crippen LogP contribution in [0, 0.1) is 11.3 Å². The van der Waals surface area contributed by atoms with Crippen molar-refractivity contribution < 1.29 is 4.52 Å². The normalized spacial score (nSPS) is 17.0. The highest BCUT2D eigenvalue weighted by molar-refractivity contribution is 5.53. The Bertz CT molecular complexity index is 727. The summed E-state index contributed by atoms with van der Waals surface area (Å²) in [6, 6.07) is 5.91. The molecule has 0 aliphatic carbocycles. The smallest absolute Gasteiger partial charge is 0.243 e. The van der Waals surface area contributed by atoms with Crippen LogP contribution in [0.2, 0.25) is 0 Å². The zero-order valence-corrected chi connectivity index (χ0v) is 14.3.